The van der Waals surface area contributed by atoms with Crippen molar-refractivity contribution in [2.24, 2.45) is 11.7 Å². The molecule has 0 spiro atoms. The van der Waals surface area contributed by atoms with Gasteiger partial charge < -0.3 is 15.8 Å². The SMILES string of the molecule is C=CCCOCCNC(=O)C1CCCCC1N. The number of ether oxygens (including phenoxy) is 1. The van der Waals surface area contributed by atoms with Crippen LogP contribution < -0.4 is 11.1 Å². The maximum absolute atomic E-state index is 11.8. The van der Waals surface area contributed by atoms with Crippen LogP contribution in [0.15, 0.2) is 12.7 Å². The molecule has 1 amide bonds. The minimum atomic E-state index is -0.00285. The Balaban J connectivity index is 2.09. The molecule has 1 aliphatic rings. The van der Waals surface area contributed by atoms with E-state index in [9.17, 15) is 4.79 Å². The van der Waals surface area contributed by atoms with Gasteiger partial charge >= 0.3 is 0 Å². The highest BCUT2D eigenvalue weighted by atomic mass is 16.5. The fourth-order valence-corrected chi connectivity index (χ4v) is 2.13. The number of nitrogens with one attached hydrogen (secondary N) is 1. The summed E-state index contributed by atoms with van der Waals surface area (Å²) < 4.78 is 5.32. The van der Waals surface area contributed by atoms with Crippen LogP contribution in [-0.2, 0) is 9.53 Å². The van der Waals surface area contributed by atoms with Crippen LogP contribution in [0.4, 0.5) is 0 Å². The van der Waals surface area contributed by atoms with E-state index in [1.807, 2.05) is 6.08 Å². The molecule has 1 fully saturated rings. The van der Waals surface area contributed by atoms with E-state index in [-0.39, 0.29) is 17.9 Å². The Morgan fingerprint density at radius 2 is 2.18 bits per heavy atom. The van der Waals surface area contributed by atoms with Gasteiger partial charge in [0.05, 0.1) is 19.1 Å². The van der Waals surface area contributed by atoms with E-state index in [2.05, 4.69) is 11.9 Å². The minimum Gasteiger partial charge on any atom is -0.379 e. The first-order valence-corrected chi connectivity index (χ1v) is 6.47. The van der Waals surface area contributed by atoms with Gasteiger partial charge in [0.2, 0.25) is 5.91 Å². The molecule has 3 N–H and O–H groups in total. The lowest BCUT2D eigenvalue weighted by Gasteiger charge is -2.27. The quantitative estimate of drug-likeness (QED) is 0.519. The van der Waals surface area contributed by atoms with Crippen LogP contribution in [-0.4, -0.2) is 31.7 Å². The van der Waals surface area contributed by atoms with E-state index in [1.165, 1.54) is 0 Å². The first kappa shape index (κ1) is 14.2. The molecule has 0 aromatic rings. The van der Waals surface area contributed by atoms with Crippen LogP contribution in [0.5, 0.6) is 0 Å². The summed E-state index contributed by atoms with van der Waals surface area (Å²) in [6, 6.07) is 0.0328. The van der Waals surface area contributed by atoms with Crippen LogP contribution in [0.1, 0.15) is 32.1 Å². The van der Waals surface area contributed by atoms with Crippen molar-refractivity contribution in [2.75, 3.05) is 19.8 Å². The zero-order valence-electron chi connectivity index (χ0n) is 10.5. The molecule has 0 heterocycles. The summed E-state index contributed by atoms with van der Waals surface area (Å²) in [5, 5.41) is 2.89. The zero-order chi connectivity index (χ0) is 12.5. The van der Waals surface area contributed by atoms with Crippen LogP contribution in [0.3, 0.4) is 0 Å². The average Bonchev–Trinajstić information content (AvgIpc) is 2.34. The van der Waals surface area contributed by atoms with E-state index < -0.39 is 0 Å². The fourth-order valence-electron chi connectivity index (χ4n) is 2.13. The largest absolute Gasteiger partial charge is 0.379 e. The molecule has 1 aliphatic carbocycles. The van der Waals surface area contributed by atoms with Gasteiger partial charge in [-0.15, -0.1) is 6.58 Å². The number of hydrogen-bond acceptors (Lipinski definition) is 3. The molecule has 0 bridgehead atoms. The second-order valence-electron chi connectivity index (χ2n) is 4.54. The summed E-state index contributed by atoms with van der Waals surface area (Å²) in [6.45, 7) is 5.41. The van der Waals surface area contributed by atoms with Gasteiger partial charge in [-0.2, -0.15) is 0 Å². The molecule has 0 radical (unpaired) electrons. The predicted octanol–water partition coefficient (Wildman–Crippen LogP) is 1.21. The van der Waals surface area contributed by atoms with Crippen molar-refractivity contribution in [3.63, 3.8) is 0 Å². The third-order valence-electron chi connectivity index (χ3n) is 3.17. The summed E-state index contributed by atoms with van der Waals surface area (Å²) >= 11 is 0. The van der Waals surface area contributed by atoms with Crippen LogP contribution in [0.25, 0.3) is 0 Å². The number of amides is 1. The number of hydrogen-bond donors (Lipinski definition) is 2. The molecule has 1 saturated carbocycles. The summed E-state index contributed by atoms with van der Waals surface area (Å²) in [7, 11) is 0. The topological polar surface area (TPSA) is 64.3 Å². The average molecular weight is 240 g/mol. The lowest BCUT2D eigenvalue weighted by molar-refractivity contribution is -0.126. The zero-order valence-corrected chi connectivity index (χ0v) is 10.5. The molecule has 4 nitrogen and oxygen atoms in total. The van der Waals surface area contributed by atoms with Crippen LogP contribution in [0, 0.1) is 5.92 Å². The van der Waals surface area contributed by atoms with Gasteiger partial charge in [-0.05, 0) is 19.3 Å². The third-order valence-corrected chi connectivity index (χ3v) is 3.17. The van der Waals surface area contributed by atoms with Gasteiger partial charge in [0.15, 0.2) is 0 Å². The second kappa shape index (κ2) is 8.25. The van der Waals surface area contributed by atoms with E-state index >= 15 is 0 Å². The highest BCUT2D eigenvalue weighted by molar-refractivity contribution is 5.79. The maximum Gasteiger partial charge on any atom is 0.224 e. The van der Waals surface area contributed by atoms with Crippen molar-refractivity contribution in [2.45, 2.75) is 38.1 Å². The van der Waals surface area contributed by atoms with E-state index in [0.29, 0.717) is 19.8 Å². The fraction of sp³-hybridized carbons (Fsp3) is 0.769. The molecule has 17 heavy (non-hydrogen) atoms. The van der Waals surface area contributed by atoms with Crippen LogP contribution in [0.2, 0.25) is 0 Å². The molecular formula is C13H24N2O2. The van der Waals surface area contributed by atoms with Crippen molar-refractivity contribution < 1.29 is 9.53 Å². The Kier molecular flexibility index (Phi) is 6.89. The number of rotatable bonds is 7. The van der Waals surface area contributed by atoms with Gasteiger partial charge in [-0.3, -0.25) is 4.79 Å². The first-order chi connectivity index (χ1) is 8.25. The molecule has 1 rings (SSSR count). The van der Waals surface area contributed by atoms with Crippen molar-refractivity contribution in [1.29, 1.82) is 0 Å². The predicted molar refractivity (Wildman–Crippen MR) is 68.6 cm³/mol. The first-order valence-electron chi connectivity index (χ1n) is 6.47. The smallest absolute Gasteiger partial charge is 0.224 e. The Labute approximate surface area is 104 Å². The lowest BCUT2D eigenvalue weighted by atomic mass is 9.84. The second-order valence-corrected chi connectivity index (χ2v) is 4.54. The Hall–Kier alpha value is -0.870. The number of carbonyl (C=O) groups excluding carboxylic acids is 1. The van der Waals surface area contributed by atoms with Crippen molar-refractivity contribution >= 4 is 5.91 Å². The number of nitrogens with two attached hydrogens (primary N) is 1. The van der Waals surface area contributed by atoms with E-state index in [1.54, 1.807) is 0 Å². The van der Waals surface area contributed by atoms with Crippen LogP contribution >= 0.6 is 0 Å². The van der Waals surface area contributed by atoms with Gasteiger partial charge in [-0.25, -0.2) is 0 Å². The van der Waals surface area contributed by atoms with Gasteiger partial charge in [0.25, 0.3) is 0 Å². The highest BCUT2D eigenvalue weighted by Crippen LogP contribution is 2.22. The van der Waals surface area contributed by atoms with E-state index in [4.69, 9.17) is 10.5 Å². The normalized spacial score (nSPS) is 24.3. The summed E-state index contributed by atoms with van der Waals surface area (Å²) in [4.78, 5) is 11.8. The maximum atomic E-state index is 11.8. The van der Waals surface area contributed by atoms with E-state index in [0.717, 1.165) is 32.1 Å². The van der Waals surface area contributed by atoms with Gasteiger partial charge in [0.1, 0.15) is 0 Å². The van der Waals surface area contributed by atoms with Gasteiger partial charge in [0, 0.05) is 12.6 Å². The molecule has 0 aromatic heterocycles. The highest BCUT2D eigenvalue weighted by Gasteiger charge is 2.27. The summed E-state index contributed by atoms with van der Waals surface area (Å²) in [5.41, 5.74) is 5.95. The van der Waals surface area contributed by atoms with Crippen molar-refractivity contribution in [3.05, 3.63) is 12.7 Å². The minimum absolute atomic E-state index is 0.00285. The number of carbonyl (C=O) groups is 1. The Morgan fingerprint density at radius 3 is 2.88 bits per heavy atom. The third kappa shape index (κ3) is 5.33. The van der Waals surface area contributed by atoms with Gasteiger partial charge in [-0.1, -0.05) is 18.9 Å². The molecule has 2 atom stereocenters. The molecule has 2 unspecified atom stereocenters. The molecular weight excluding hydrogens is 216 g/mol. The standard InChI is InChI=1S/C13H24N2O2/c1-2-3-9-17-10-8-15-13(16)11-6-4-5-7-12(11)14/h2,11-12H,1,3-10,14H2,(H,15,16). The lowest BCUT2D eigenvalue weighted by Crippen LogP contribution is -2.44. The molecule has 0 aromatic carbocycles. The monoisotopic (exact) mass is 240 g/mol. The summed E-state index contributed by atoms with van der Waals surface area (Å²) in [5.74, 6) is 0.0847. The van der Waals surface area contributed by atoms with Crippen molar-refractivity contribution in [1.82, 2.24) is 5.32 Å². The molecule has 0 saturated heterocycles. The Bertz CT molecular complexity index is 244. The van der Waals surface area contributed by atoms with Crippen molar-refractivity contribution in [3.8, 4) is 0 Å². The Morgan fingerprint density at radius 1 is 1.41 bits per heavy atom. The summed E-state index contributed by atoms with van der Waals surface area (Å²) in [6.07, 6.45) is 6.82. The molecule has 0 aliphatic heterocycles. The molecule has 98 valence electrons. The molecule has 4 heteroatoms.